The van der Waals surface area contributed by atoms with E-state index in [9.17, 15) is 8.42 Å². The fraction of sp³-hybridized carbons (Fsp3) is 0.500. The molecule has 0 amide bonds. The third kappa shape index (κ3) is 8.13. The van der Waals surface area contributed by atoms with Gasteiger partial charge < -0.3 is 26.8 Å². The number of hydrogen-bond acceptors (Lipinski definition) is 9. The van der Waals surface area contributed by atoms with Crippen molar-refractivity contribution >= 4 is 27.7 Å². The summed E-state index contributed by atoms with van der Waals surface area (Å²) in [6, 6.07) is 7.32. The molecule has 2 rings (SSSR count). The highest BCUT2D eigenvalue weighted by molar-refractivity contribution is 7.85. The number of rotatable bonds is 6. The van der Waals surface area contributed by atoms with Crippen LogP contribution >= 0.6 is 0 Å². The van der Waals surface area contributed by atoms with E-state index < -0.39 is 15.8 Å². The number of nitrogens with zero attached hydrogens (tertiary/aromatic N) is 3. The van der Waals surface area contributed by atoms with Crippen LogP contribution < -0.4 is 21.9 Å². The lowest BCUT2D eigenvalue weighted by Gasteiger charge is -2.38. The molecule has 0 saturated heterocycles. The lowest BCUT2D eigenvalue weighted by Crippen LogP contribution is -2.54. The highest BCUT2D eigenvalue weighted by Gasteiger charge is 2.30. The lowest BCUT2D eigenvalue weighted by molar-refractivity contribution is 0.198. The van der Waals surface area contributed by atoms with Gasteiger partial charge >= 0.3 is 0 Å². The molecular formula is C16H28N6O4S. The lowest BCUT2D eigenvalue weighted by atomic mass is 10.2. The van der Waals surface area contributed by atoms with Crippen molar-refractivity contribution in [2.24, 2.45) is 21.5 Å². The van der Waals surface area contributed by atoms with Crippen LogP contribution in [0.1, 0.15) is 27.2 Å². The topological polar surface area (TPSA) is 170 Å². The van der Waals surface area contributed by atoms with Crippen LogP contribution in [0.4, 0.5) is 5.69 Å². The van der Waals surface area contributed by atoms with Crippen LogP contribution in [0, 0.1) is 0 Å². The molecular weight excluding hydrogens is 372 g/mol. The van der Waals surface area contributed by atoms with Gasteiger partial charge in [0.05, 0.1) is 12.4 Å². The average molecular weight is 401 g/mol. The van der Waals surface area contributed by atoms with Crippen LogP contribution in [0.2, 0.25) is 0 Å². The fourth-order valence-corrected chi connectivity index (χ4v) is 2.19. The van der Waals surface area contributed by atoms with E-state index in [1.165, 1.54) is 6.92 Å². The first-order valence-corrected chi connectivity index (χ1v) is 9.96. The summed E-state index contributed by atoms with van der Waals surface area (Å²) < 4.78 is 32.6. The quantitative estimate of drug-likeness (QED) is 0.306. The normalized spacial score (nSPS) is 15.9. The Morgan fingerprint density at radius 1 is 1.19 bits per heavy atom. The van der Waals surface area contributed by atoms with E-state index in [4.69, 9.17) is 26.5 Å². The zero-order valence-corrected chi connectivity index (χ0v) is 16.6. The molecule has 1 aliphatic heterocycles. The predicted octanol–water partition coefficient (Wildman–Crippen LogP) is 0.613. The Bertz CT molecular complexity index is 775. The molecule has 1 aromatic rings. The molecule has 11 heteroatoms. The van der Waals surface area contributed by atoms with E-state index in [-0.39, 0.29) is 11.7 Å². The smallest absolute Gasteiger partial charge is 0.264 e. The Hall–Kier alpha value is -2.53. The summed E-state index contributed by atoms with van der Waals surface area (Å²) in [5.74, 6) is 1.20. The molecule has 0 spiro atoms. The third-order valence-corrected chi connectivity index (χ3v) is 4.32. The minimum absolute atomic E-state index is 0.201. The Kier molecular flexibility index (Phi) is 7.85. The summed E-state index contributed by atoms with van der Waals surface area (Å²) in [5, 5.41) is 0. The van der Waals surface area contributed by atoms with Crippen molar-refractivity contribution in [2.45, 2.75) is 32.9 Å². The molecule has 1 aromatic carbocycles. The van der Waals surface area contributed by atoms with Crippen molar-refractivity contribution in [1.82, 2.24) is 4.90 Å². The number of hydrogen-bond donors (Lipinski definition) is 4. The highest BCUT2D eigenvalue weighted by atomic mass is 32.2. The predicted molar refractivity (Wildman–Crippen MR) is 107 cm³/mol. The SMILES string of the molecule is CC1(C)N=C(N)N=C(N)N1CCCOc1ccc(N)cc1.CCS(=O)(=O)O. The molecule has 27 heavy (non-hydrogen) atoms. The molecule has 0 atom stereocenters. The fourth-order valence-electron chi connectivity index (χ4n) is 2.19. The molecule has 1 aliphatic rings. The van der Waals surface area contributed by atoms with Gasteiger partial charge in [-0.2, -0.15) is 13.4 Å². The van der Waals surface area contributed by atoms with Gasteiger partial charge in [-0.1, -0.05) is 0 Å². The number of nitrogens with two attached hydrogens (primary N) is 3. The molecule has 0 aliphatic carbocycles. The van der Waals surface area contributed by atoms with Crippen LogP contribution in [-0.2, 0) is 10.1 Å². The van der Waals surface area contributed by atoms with Gasteiger partial charge in [-0.15, -0.1) is 0 Å². The number of nitrogen functional groups attached to an aromatic ring is 1. The second-order valence-electron chi connectivity index (χ2n) is 6.23. The molecule has 0 bridgehead atoms. The van der Waals surface area contributed by atoms with Crippen molar-refractivity contribution in [3.63, 3.8) is 0 Å². The van der Waals surface area contributed by atoms with Crippen molar-refractivity contribution in [3.8, 4) is 5.75 Å². The van der Waals surface area contributed by atoms with E-state index in [2.05, 4.69) is 9.98 Å². The van der Waals surface area contributed by atoms with Crippen LogP contribution in [0.25, 0.3) is 0 Å². The summed E-state index contributed by atoms with van der Waals surface area (Å²) in [6.45, 7) is 6.52. The molecule has 10 nitrogen and oxygen atoms in total. The maximum absolute atomic E-state index is 9.56. The highest BCUT2D eigenvalue weighted by Crippen LogP contribution is 2.20. The number of benzene rings is 1. The minimum atomic E-state index is -3.66. The van der Waals surface area contributed by atoms with Gasteiger partial charge in [0.15, 0.2) is 0 Å². The zero-order valence-electron chi connectivity index (χ0n) is 15.8. The average Bonchev–Trinajstić information content (AvgIpc) is 2.54. The summed E-state index contributed by atoms with van der Waals surface area (Å²) in [4.78, 5) is 10.2. The number of ether oxygens (including phenoxy) is 1. The Balaban J connectivity index is 0.000000527. The maximum Gasteiger partial charge on any atom is 0.264 e. The van der Waals surface area contributed by atoms with Gasteiger partial charge in [0.25, 0.3) is 10.1 Å². The van der Waals surface area contributed by atoms with E-state index in [0.29, 0.717) is 19.1 Å². The number of guanidine groups is 2. The van der Waals surface area contributed by atoms with Crippen LogP contribution in [-0.4, -0.2) is 54.4 Å². The standard InChI is InChI=1S/C14H22N6O.C2H6O3S/c1-14(2)19-12(16)18-13(17)20(14)8-3-9-21-11-6-4-10(15)5-7-11;1-2-6(3,4)5/h4-7H,3,8-9,15H2,1-2H3,(H4,16,17,18,19);2H2,1H3,(H,3,4,5). The Morgan fingerprint density at radius 3 is 2.22 bits per heavy atom. The molecule has 0 unspecified atom stereocenters. The monoisotopic (exact) mass is 400 g/mol. The van der Waals surface area contributed by atoms with Crippen molar-refractivity contribution in [1.29, 1.82) is 0 Å². The summed E-state index contributed by atoms with van der Waals surface area (Å²) in [7, 11) is -3.66. The molecule has 0 radical (unpaired) electrons. The van der Waals surface area contributed by atoms with E-state index in [1.54, 1.807) is 0 Å². The first kappa shape index (κ1) is 22.5. The van der Waals surface area contributed by atoms with E-state index in [1.807, 2.05) is 43.0 Å². The minimum Gasteiger partial charge on any atom is -0.494 e. The number of anilines is 1. The molecule has 0 saturated carbocycles. The second kappa shape index (κ2) is 9.42. The van der Waals surface area contributed by atoms with Crippen LogP contribution in [0.3, 0.4) is 0 Å². The summed E-state index contributed by atoms with van der Waals surface area (Å²) in [5.41, 5.74) is 17.4. The van der Waals surface area contributed by atoms with Gasteiger partial charge in [-0.25, -0.2) is 4.99 Å². The van der Waals surface area contributed by atoms with Gasteiger partial charge in [0, 0.05) is 12.2 Å². The van der Waals surface area contributed by atoms with Crippen molar-refractivity contribution in [2.75, 3.05) is 24.6 Å². The molecule has 1 heterocycles. The first-order chi connectivity index (χ1) is 12.4. The van der Waals surface area contributed by atoms with Gasteiger partial charge in [-0.3, -0.25) is 4.55 Å². The second-order valence-corrected chi connectivity index (χ2v) is 7.97. The first-order valence-electron chi connectivity index (χ1n) is 8.35. The van der Waals surface area contributed by atoms with Crippen LogP contribution in [0.5, 0.6) is 5.75 Å². The summed E-state index contributed by atoms with van der Waals surface area (Å²) >= 11 is 0. The van der Waals surface area contributed by atoms with Gasteiger partial charge in [-0.05, 0) is 51.5 Å². The van der Waals surface area contributed by atoms with E-state index >= 15 is 0 Å². The zero-order chi connectivity index (χ0) is 20.7. The molecule has 7 N–H and O–H groups in total. The van der Waals surface area contributed by atoms with E-state index in [0.717, 1.165) is 17.9 Å². The number of aliphatic imine (C=N–C) groups is 2. The summed E-state index contributed by atoms with van der Waals surface area (Å²) in [6.07, 6.45) is 0.791. The molecule has 0 aromatic heterocycles. The Labute approximate surface area is 159 Å². The maximum atomic E-state index is 9.56. The molecule has 0 fully saturated rings. The largest absolute Gasteiger partial charge is 0.494 e. The van der Waals surface area contributed by atoms with Crippen molar-refractivity contribution in [3.05, 3.63) is 24.3 Å². The molecule has 152 valence electrons. The third-order valence-electron chi connectivity index (χ3n) is 3.59. The Morgan fingerprint density at radius 2 is 1.74 bits per heavy atom. The van der Waals surface area contributed by atoms with Gasteiger partial charge in [0.1, 0.15) is 11.4 Å². The van der Waals surface area contributed by atoms with Gasteiger partial charge in [0.2, 0.25) is 11.9 Å². The van der Waals surface area contributed by atoms with Crippen molar-refractivity contribution < 1.29 is 17.7 Å². The van der Waals surface area contributed by atoms with Crippen LogP contribution in [0.15, 0.2) is 34.3 Å².